The minimum Gasteiger partial charge on any atom is -0.381 e. The number of carbonyl (C=O) groups is 1. The third kappa shape index (κ3) is 4.70. The van der Waals surface area contributed by atoms with Crippen LogP contribution >= 0.6 is 11.8 Å². The summed E-state index contributed by atoms with van der Waals surface area (Å²) in [4.78, 5) is 17.0. The number of ether oxygens (including phenoxy) is 1. The number of hydrogen-bond acceptors (Lipinski definition) is 6. The van der Waals surface area contributed by atoms with Crippen molar-refractivity contribution in [3.8, 4) is 0 Å². The number of nitrogens with one attached hydrogen (secondary N) is 1. The van der Waals surface area contributed by atoms with E-state index in [0.29, 0.717) is 24.9 Å². The normalized spacial score (nSPS) is 18.8. The van der Waals surface area contributed by atoms with Gasteiger partial charge < -0.3 is 14.6 Å². The van der Waals surface area contributed by atoms with Crippen molar-refractivity contribution in [2.45, 2.75) is 57.2 Å². The van der Waals surface area contributed by atoms with E-state index < -0.39 is 0 Å². The Balaban J connectivity index is 2.18. The lowest BCUT2D eigenvalue weighted by atomic mass is 9.91. The molecule has 23 heavy (non-hydrogen) atoms. The Morgan fingerprint density at radius 1 is 1.39 bits per heavy atom. The van der Waals surface area contributed by atoms with E-state index in [1.165, 1.54) is 0 Å². The summed E-state index contributed by atoms with van der Waals surface area (Å²) < 4.78 is 10.9. The van der Waals surface area contributed by atoms with Gasteiger partial charge in [-0.1, -0.05) is 25.9 Å². The van der Waals surface area contributed by atoms with Gasteiger partial charge in [-0.2, -0.15) is 16.7 Å². The zero-order chi connectivity index (χ0) is 16.8. The van der Waals surface area contributed by atoms with Crippen molar-refractivity contribution in [3.05, 3.63) is 11.7 Å². The first-order valence-corrected chi connectivity index (χ1v) is 9.60. The van der Waals surface area contributed by atoms with E-state index in [4.69, 9.17) is 9.26 Å². The number of amides is 1. The highest BCUT2D eigenvalue weighted by molar-refractivity contribution is 7.99. The van der Waals surface area contributed by atoms with Crippen molar-refractivity contribution >= 4 is 17.7 Å². The molecule has 7 heteroatoms. The van der Waals surface area contributed by atoms with Crippen LogP contribution < -0.4 is 5.32 Å². The molecule has 0 aliphatic carbocycles. The van der Waals surface area contributed by atoms with E-state index in [9.17, 15) is 4.79 Å². The van der Waals surface area contributed by atoms with Gasteiger partial charge in [-0.15, -0.1) is 0 Å². The van der Waals surface area contributed by atoms with Crippen molar-refractivity contribution in [2.75, 3.05) is 19.5 Å². The van der Waals surface area contributed by atoms with Gasteiger partial charge in [-0.3, -0.25) is 4.79 Å². The van der Waals surface area contributed by atoms with E-state index in [0.717, 1.165) is 19.3 Å². The van der Waals surface area contributed by atoms with Gasteiger partial charge in [0.05, 0.1) is 5.25 Å². The van der Waals surface area contributed by atoms with E-state index in [-0.39, 0.29) is 29.0 Å². The molecule has 1 amide bonds. The van der Waals surface area contributed by atoms with Crippen LogP contribution in [0.5, 0.6) is 0 Å². The molecule has 6 nitrogen and oxygen atoms in total. The Morgan fingerprint density at radius 2 is 2.09 bits per heavy atom. The topological polar surface area (TPSA) is 77.3 Å². The number of thioether (sulfide) groups is 1. The SMILES string of the molecule is CCC(SC)C(=O)NC(c1nc(C(C)C)no1)C1CCOCC1. The van der Waals surface area contributed by atoms with Crippen LogP contribution in [0.15, 0.2) is 4.52 Å². The lowest BCUT2D eigenvalue weighted by molar-refractivity contribution is -0.122. The van der Waals surface area contributed by atoms with Gasteiger partial charge in [0.2, 0.25) is 11.8 Å². The number of aromatic nitrogens is 2. The Labute approximate surface area is 142 Å². The van der Waals surface area contributed by atoms with Crippen molar-refractivity contribution in [1.29, 1.82) is 0 Å². The van der Waals surface area contributed by atoms with Crippen LogP contribution in [-0.4, -0.2) is 40.8 Å². The van der Waals surface area contributed by atoms with Gasteiger partial charge in [0.25, 0.3) is 0 Å². The number of rotatable bonds is 7. The van der Waals surface area contributed by atoms with Crippen molar-refractivity contribution in [3.63, 3.8) is 0 Å². The molecule has 1 aromatic rings. The van der Waals surface area contributed by atoms with Crippen LogP contribution in [0.4, 0.5) is 0 Å². The molecule has 2 unspecified atom stereocenters. The van der Waals surface area contributed by atoms with Gasteiger partial charge >= 0.3 is 0 Å². The molecule has 1 aromatic heterocycles. The fraction of sp³-hybridized carbons (Fsp3) is 0.812. The first-order chi connectivity index (χ1) is 11.1. The van der Waals surface area contributed by atoms with Crippen LogP contribution in [0.25, 0.3) is 0 Å². The van der Waals surface area contributed by atoms with E-state index in [1.807, 2.05) is 27.0 Å². The molecule has 0 aromatic carbocycles. The fourth-order valence-electron chi connectivity index (χ4n) is 2.74. The zero-order valence-electron chi connectivity index (χ0n) is 14.4. The molecule has 1 N–H and O–H groups in total. The summed E-state index contributed by atoms with van der Waals surface area (Å²) in [5.74, 6) is 1.72. The molecule has 2 atom stereocenters. The van der Waals surface area contributed by atoms with Crippen molar-refractivity contribution in [2.24, 2.45) is 5.92 Å². The molecule has 0 saturated carbocycles. The maximum Gasteiger partial charge on any atom is 0.249 e. The van der Waals surface area contributed by atoms with Crippen LogP contribution in [0, 0.1) is 5.92 Å². The summed E-state index contributed by atoms with van der Waals surface area (Å²) in [5.41, 5.74) is 0. The quantitative estimate of drug-likeness (QED) is 0.821. The molecular formula is C16H27N3O3S. The fourth-order valence-corrected chi connectivity index (χ4v) is 3.36. The monoisotopic (exact) mass is 341 g/mol. The summed E-state index contributed by atoms with van der Waals surface area (Å²) in [6.45, 7) is 7.49. The van der Waals surface area contributed by atoms with E-state index >= 15 is 0 Å². The molecule has 2 rings (SSSR count). The maximum atomic E-state index is 12.5. The summed E-state index contributed by atoms with van der Waals surface area (Å²) in [6, 6.07) is -0.229. The zero-order valence-corrected chi connectivity index (χ0v) is 15.2. The van der Waals surface area contributed by atoms with Crippen LogP contribution in [-0.2, 0) is 9.53 Å². The van der Waals surface area contributed by atoms with Crippen LogP contribution in [0.1, 0.15) is 63.7 Å². The standard InChI is InChI=1S/C16H27N3O3S/c1-5-12(23-4)15(20)17-13(11-6-8-21-9-7-11)16-18-14(10(2)3)19-22-16/h10-13H,5-9H2,1-4H3,(H,17,20). The largest absolute Gasteiger partial charge is 0.381 e. The molecule has 0 radical (unpaired) electrons. The molecule has 0 spiro atoms. The third-order valence-corrected chi connectivity index (χ3v) is 5.34. The second-order valence-corrected chi connectivity index (χ2v) is 7.25. The van der Waals surface area contributed by atoms with Gasteiger partial charge in [0.15, 0.2) is 5.82 Å². The van der Waals surface area contributed by atoms with Crippen molar-refractivity contribution < 1.29 is 14.1 Å². The summed E-state index contributed by atoms with van der Waals surface area (Å²) in [5, 5.41) is 7.14. The summed E-state index contributed by atoms with van der Waals surface area (Å²) in [7, 11) is 0. The Hall–Kier alpha value is -1.08. The van der Waals surface area contributed by atoms with Crippen LogP contribution in [0.2, 0.25) is 0 Å². The molecule has 2 heterocycles. The third-order valence-electron chi connectivity index (χ3n) is 4.22. The highest BCUT2D eigenvalue weighted by atomic mass is 32.2. The molecule has 1 saturated heterocycles. The number of nitrogens with zero attached hydrogens (tertiary/aromatic N) is 2. The molecular weight excluding hydrogens is 314 g/mol. The Bertz CT molecular complexity index is 497. The predicted molar refractivity (Wildman–Crippen MR) is 90.4 cm³/mol. The predicted octanol–water partition coefficient (Wildman–Crippen LogP) is 2.92. The first-order valence-electron chi connectivity index (χ1n) is 8.31. The summed E-state index contributed by atoms with van der Waals surface area (Å²) in [6.07, 6.45) is 4.54. The van der Waals surface area contributed by atoms with Gasteiger partial charge in [-0.05, 0) is 31.4 Å². The lowest BCUT2D eigenvalue weighted by Crippen LogP contribution is -2.40. The van der Waals surface area contributed by atoms with Crippen molar-refractivity contribution in [1.82, 2.24) is 15.5 Å². The van der Waals surface area contributed by atoms with Gasteiger partial charge in [0.1, 0.15) is 6.04 Å². The minimum atomic E-state index is -0.229. The Kier molecular flexibility index (Phi) is 6.89. The highest BCUT2D eigenvalue weighted by Gasteiger charge is 2.33. The first kappa shape index (κ1) is 18.3. The average Bonchev–Trinajstić information content (AvgIpc) is 3.04. The van der Waals surface area contributed by atoms with Crippen LogP contribution in [0.3, 0.4) is 0 Å². The van der Waals surface area contributed by atoms with E-state index in [2.05, 4.69) is 15.5 Å². The second-order valence-electron chi connectivity index (χ2n) is 6.21. The summed E-state index contributed by atoms with van der Waals surface area (Å²) >= 11 is 1.57. The molecule has 0 bridgehead atoms. The minimum absolute atomic E-state index is 0.0424. The number of hydrogen-bond donors (Lipinski definition) is 1. The lowest BCUT2D eigenvalue weighted by Gasteiger charge is -2.29. The average molecular weight is 341 g/mol. The Morgan fingerprint density at radius 3 is 2.61 bits per heavy atom. The number of carbonyl (C=O) groups excluding carboxylic acids is 1. The molecule has 1 aliphatic rings. The highest BCUT2D eigenvalue weighted by Crippen LogP contribution is 2.30. The second kappa shape index (κ2) is 8.68. The maximum absolute atomic E-state index is 12.5. The molecule has 1 fully saturated rings. The van der Waals surface area contributed by atoms with E-state index in [1.54, 1.807) is 11.8 Å². The molecule has 130 valence electrons. The van der Waals surface area contributed by atoms with Gasteiger partial charge in [0, 0.05) is 19.1 Å². The smallest absolute Gasteiger partial charge is 0.249 e. The molecule has 1 aliphatic heterocycles. The van der Waals surface area contributed by atoms with Gasteiger partial charge in [-0.25, -0.2) is 0 Å².